The van der Waals surface area contributed by atoms with Crippen LogP contribution in [-0.4, -0.2) is 20.6 Å². The van der Waals surface area contributed by atoms with Gasteiger partial charge in [0, 0.05) is 11.8 Å². The Balaban J connectivity index is 1.98. The Bertz CT molecular complexity index is 800. The third kappa shape index (κ3) is 2.62. The summed E-state index contributed by atoms with van der Waals surface area (Å²) in [6.45, 7) is 0. The summed E-state index contributed by atoms with van der Waals surface area (Å²) < 4.78 is 28.8. The van der Waals surface area contributed by atoms with Gasteiger partial charge >= 0.3 is 0 Å². The van der Waals surface area contributed by atoms with Crippen LogP contribution in [-0.2, 0) is 14.6 Å². The van der Waals surface area contributed by atoms with E-state index in [0.29, 0.717) is 11.4 Å². The lowest BCUT2D eigenvalue weighted by atomic mass is 10.1. The minimum Gasteiger partial charge on any atom is -0.474 e. The summed E-state index contributed by atoms with van der Waals surface area (Å²) in [5.41, 5.74) is 1.11. The van der Waals surface area contributed by atoms with Gasteiger partial charge in [0.2, 0.25) is 6.10 Å². The minimum atomic E-state index is -3.33. The number of hydrogen-bond donors (Lipinski definition) is 1. The highest BCUT2D eigenvalue weighted by molar-refractivity contribution is 7.90. The van der Waals surface area contributed by atoms with Gasteiger partial charge in [0.05, 0.1) is 10.6 Å². The van der Waals surface area contributed by atoms with Crippen molar-refractivity contribution in [1.29, 1.82) is 0 Å². The van der Waals surface area contributed by atoms with Crippen LogP contribution in [0.3, 0.4) is 0 Å². The average molecular weight is 303 g/mol. The number of carbonyl (C=O) groups excluding carboxylic acids is 1. The number of ether oxygens (including phenoxy) is 1. The molecule has 108 valence electrons. The Morgan fingerprint density at radius 2 is 1.81 bits per heavy atom. The molecule has 0 saturated heterocycles. The van der Waals surface area contributed by atoms with Crippen LogP contribution in [0.25, 0.3) is 0 Å². The summed E-state index contributed by atoms with van der Waals surface area (Å²) in [7, 11) is -3.33. The molecule has 6 heteroatoms. The Morgan fingerprint density at radius 3 is 2.48 bits per heavy atom. The molecule has 0 fully saturated rings. The number of fused-ring (bicyclic) bond motifs is 1. The molecule has 21 heavy (non-hydrogen) atoms. The summed E-state index contributed by atoms with van der Waals surface area (Å²) in [6, 6.07) is 13.6. The molecule has 0 radical (unpaired) electrons. The van der Waals surface area contributed by atoms with Crippen LogP contribution in [0.15, 0.2) is 53.4 Å². The molecule has 0 aliphatic carbocycles. The zero-order chi connectivity index (χ0) is 15.0. The number of hydrogen-bond acceptors (Lipinski definition) is 4. The van der Waals surface area contributed by atoms with Gasteiger partial charge in [0.25, 0.3) is 5.91 Å². The second kappa shape index (κ2) is 4.89. The molecule has 0 aromatic heterocycles. The Morgan fingerprint density at radius 1 is 1.10 bits per heavy atom. The summed E-state index contributed by atoms with van der Waals surface area (Å²) in [5.74, 6) is 0.134. The number of rotatable bonds is 2. The molecule has 5 nitrogen and oxygen atoms in total. The molecular weight excluding hydrogens is 290 g/mol. The van der Waals surface area contributed by atoms with Crippen molar-refractivity contribution in [2.24, 2.45) is 0 Å². The maximum atomic E-state index is 12.1. The topological polar surface area (TPSA) is 72.5 Å². The fourth-order valence-electron chi connectivity index (χ4n) is 2.17. The van der Waals surface area contributed by atoms with Gasteiger partial charge < -0.3 is 10.1 Å². The molecule has 2 aromatic carbocycles. The number of sulfone groups is 1. The molecule has 0 spiro atoms. The molecule has 1 aliphatic rings. The predicted molar refractivity (Wildman–Crippen MR) is 78.0 cm³/mol. The zero-order valence-electron chi connectivity index (χ0n) is 11.2. The quantitative estimate of drug-likeness (QED) is 0.923. The highest BCUT2D eigenvalue weighted by Gasteiger charge is 2.29. The molecule has 1 unspecified atom stereocenters. The molecule has 2 aromatic rings. The smallest absolute Gasteiger partial charge is 0.270 e. The van der Waals surface area contributed by atoms with Gasteiger partial charge in [-0.3, -0.25) is 4.79 Å². The third-order valence-electron chi connectivity index (χ3n) is 3.22. The fourth-order valence-corrected chi connectivity index (χ4v) is 2.81. The van der Waals surface area contributed by atoms with E-state index in [0.717, 1.165) is 11.8 Å². The number of anilines is 1. The van der Waals surface area contributed by atoms with Gasteiger partial charge in [0.15, 0.2) is 9.84 Å². The fraction of sp³-hybridized carbons (Fsp3) is 0.133. The number of benzene rings is 2. The van der Waals surface area contributed by atoms with Crippen molar-refractivity contribution in [3.8, 4) is 5.75 Å². The first-order chi connectivity index (χ1) is 9.95. The third-order valence-corrected chi connectivity index (χ3v) is 4.33. The van der Waals surface area contributed by atoms with E-state index < -0.39 is 15.9 Å². The number of amides is 1. The summed E-state index contributed by atoms with van der Waals surface area (Å²) in [6.07, 6.45) is 0.385. The molecule has 1 amide bonds. The van der Waals surface area contributed by atoms with E-state index in [1.807, 2.05) is 18.2 Å². The van der Waals surface area contributed by atoms with E-state index in [1.165, 1.54) is 12.1 Å². The van der Waals surface area contributed by atoms with E-state index in [9.17, 15) is 13.2 Å². The lowest BCUT2D eigenvalue weighted by Gasteiger charge is -2.26. The van der Waals surface area contributed by atoms with Crippen molar-refractivity contribution in [2.75, 3.05) is 11.6 Å². The van der Waals surface area contributed by atoms with Crippen LogP contribution in [0.2, 0.25) is 0 Å². The van der Waals surface area contributed by atoms with E-state index in [-0.39, 0.29) is 10.8 Å². The first kappa shape index (κ1) is 13.6. The van der Waals surface area contributed by atoms with Crippen LogP contribution in [0.1, 0.15) is 11.7 Å². The van der Waals surface area contributed by atoms with Crippen LogP contribution in [0.5, 0.6) is 5.75 Å². The van der Waals surface area contributed by atoms with Crippen LogP contribution < -0.4 is 10.1 Å². The Labute approximate surface area is 122 Å². The number of nitrogens with one attached hydrogen (secondary N) is 1. The monoisotopic (exact) mass is 303 g/mol. The minimum absolute atomic E-state index is 0.142. The summed E-state index contributed by atoms with van der Waals surface area (Å²) >= 11 is 0. The van der Waals surface area contributed by atoms with Gasteiger partial charge in [-0.05, 0) is 18.2 Å². The van der Waals surface area contributed by atoms with E-state index >= 15 is 0 Å². The van der Waals surface area contributed by atoms with Crippen LogP contribution >= 0.6 is 0 Å². The summed E-state index contributed by atoms with van der Waals surface area (Å²) in [4.78, 5) is 12.3. The predicted octanol–water partition coefficient (Wildman–Crippen LogP) is 2.16. The average Bonchev–Trinajstić information content (AvgIpc) is 2.46. The van der Waals surface area contributed by atoms with Crippen molar-refractivity contribution < 1.29 is 17.9 Å². The first-order valence-corrected chi connectivity index (χ1v) is 8.21. The van der Waals surface area contributed by atoms with E-state index in [4.69, 9.17) is 4.74 Å². The molecule has 3 rings (SSSR count). The van der Waals surface area contributed by atoms with Crippen molar-refractivity contribution in [2.45, 2.75) is 11.0 Å². The van der Waals surface area contributed by atoms with Gasteiger partial charge in [-0.2, -0.15) is 0 Å². The molecule has 1 aliphatic heterocycles. The number of carbonyl (C=O) groups is 1. The van der Waals surface area contributed by atoms with Crippen molar-refractivity contribution in [3.05, 3.63) is 54.1 Å². The summed E-state index contributed by atoms with van der Waals surface area (Å²) in [5, 5.41) is 2.69. The lowest BCUT2D eigenvalue weighted by molar-refractivity contribution is -0.123. The standard InChI is InChI=1S/C15H13NO4S/c1-21(18,19)11-7-8-13-12(9-11)16-15(17)14(20-13)10-5-3-2-4-6-10/h2-9,14H,1H3,(H,16,17). The molecule has 1 heterocycles. The van der Waals surface area contributed by atoms with Gasteiger partial charge in [-0.1, -0.05) is 30.3 Å². The van der Waals surface area contributed by atoms with Crippen LogP contribution in [0, 0.1) is 0 Å². The normalized spacial score (nSPS) is 17.6. The molecule has 0 saturated carbocycles. The first-order valence-electron chi connectivity index (χ1n) is 6.32. The maximum Gasteiger partial charge on any atom is 0.270 e. The largest absolute Gasteiger partial charge is 0.474 e. The van der Waals surface area contributed by atoms with E-state index in [2.05, 4.69) is 5.32 Å². The van der Waals surface area contributed by atoms with Gasteiger partial charge in [0.1, 0.15) is 5.75 Å². The Kier molecular flexibility index (Phi) is 3.17. The van der Waals surface area contributed by atoms with Crippen molar-refractivity contribution >= 4 is 21.4 Å². The second-order valence-electron chi connectivity index (χ2n) is 4.83. The second-order valence-corrected chi connectivity index (χ2v) is 6.84. The van der Waals surface area contributed by atoms with Crippen LogP contribution in [0.4, 0.5) is 5.69 Å². The lowest BCUT2D eigenvalue weighted by Crippen LogP contribution is -2.30. The molecular formula is C15H13NO4S. The zero-order valence-corrected chi connectivity index (χ0v) is 12.1. The molecule has 0 bridgehead atoms. The molecule has 1 N–H and O–H groups in total. The highest BCUT2D eigenvalue weighted by atomic mass is 32.2. The highest BCUT2D eigenvalue weighted by Crippen LogP contribution is 2.36. The van der Waals surface area contributed by atoms with Gasteiger partial charge in [-0.25, -0.2) is 8.42 Å². The van der Waals surface area contributed by atoms with Crippen molar-refractivity contribution in [1.82, 2.24) is 0 Å². The van der Waals surface area contributed by atoms with Gasteiger partial charge in [-0.15, -0.1) is 0 Å². The van der Waals surface area contributed by atoms with E-state index in [1.54, 1.807) is 18.2 Å². The molecule has 1 atom stereocenters. The Hall–Kier alpha value is -2.34. The van der Waals surface area contributed by atoms with Crippen molar-refractivity contribution in [3.63, 3.8) is 0 Å². The SMILES string of the molecule is CS(=O)(=O)c1ccc2c(c1)NC(=O)C(c1ccccc1)O2. The maximum absolute atomic E-state index is 12.1.